The molecule has 114 valence electrons. The molecule has 0 aliphatic heterocycles. The fourth-order valence-corrected chi connectivity index (χ4v) is 3.34. The monoisotopic (exact) mass is 269 g/mol. The fourth-order valence-electron chi connectivity index (χ4n) is 3.34. The van der Waals surface area contributed by atoms with Gasteiger partial charge in [-0.15, -0.1) is 0 Å². The van der Waals surface area contributed by atoms with Crippen molar-refractivity contribution in [3.05, 3.63) is 0 Å². The van der Waals surface area contributed by atoms with Gasteiger partial charge in [-0.25, -0.2) is 0 Å². The molecule has 0 spiro atoms. The molecule has 1 rings (SSSR count). The van der Waals surface area contributed by atoms with Crippen molar-refractivity contribution in [2.45, 2.75) is 91.9 Å². The zero-order chi connectivity index (χ0) is 14.7. The van der Waals surface area contributed by atoms with Gasteiger partial charge in [0, 0.05) is 12.1 Å². The van der Waals surface area contributed by atoms with Crippen LogP contribution in [0.15, 0.2) is 0 Å². The van der Waals surface area contributed by atoms with E-state index < -0.39 is 0 Å². The molecule has 0 bridgehead atoms. The number of hydrogen-bond acceptors (Lipinski definition) is 2. The van der Waals surface area contributed by atoms with Gasteiger partial charge in [0.1, 0.15) is 0 Å². The Morgan fingerprint density at radius 3 is 2.37 bits per heavy atom. The molecule has 0 aromatic carbocycles. The Morgan fingerprint density at radius 2 is 1.89 bits per heavy atom. The molecule has 0 aromatic heterocycles. The minimum atomic E-state index is 0.176. The van der Waals surface area contributed by atoms with E-state index in [0.717, 1.165) is 18.9 Å². The van der Waals surface area contributed by atoms with Crippen LogP contribution in [0.4, 0.5) is 0 Å². The second-order valence-corrected chi connectivity index (χ2v) is 8.33. The lowest BCUT2D eigenvalue weighted by atomic mass is 9.71. The molecule has 1 aliphatic carbocycles. The summed E-state index contributed by atoms with van der Waals surface area (Å²) in [4.78, 5) is 0. The predicted molar refractivity (Wildman–Crippen MR) is 83.5 cm³/mol. The Labute approximate surface area is 120 Å². The lowest BCUT2D eigenvalue weighted by Gasteiger charge is -2.40. The second-order valence-electron chi connectivity index (χ2n) is 8.33. The van der Waals surface area contributed by atoms with Crippen molar-refractivity contribution in [2.75, 3.05) is 6.54 Å². The molecule has 2 nitrogen and oxygen atoms in total. The van der Waals surface area contributed by atoms with Crippen molar-refractivity contribution in [1.82, 2.24) is 5.32 Å². The third-order valence-electron chi connectivity index (χ3n) is 4.05. The molecular formula is C17H35NO. The highest BCUT2D eigenvalue weighted by Gasteiger charge is 2.33. The van der Waals surface area contributed by atoms with Crippen LogP contribution in [0.25, 0.3) is 0 Å². The van der Waals surface area contributed by atoms with Crippen LogP contribution in [0.1, 0.15) is 74.1 Å². The first kappa shape index (κ1) is 17.0. The molecule has 3 atom stereocenters. The summed E-state index contributed by atoms with van der Waals surface area (Å²) in [5.74, 6) is 0.793. The van der Waals surface area contributed by atoms with E-state index in [0.29, 0.717) is 17.6 Å². The number of ether oxygens (including phenoxy) is 1. The molecule has 1 saturated carbocycles. The molecule has 1 aliphatic rings. The van der Waals surface area contributed by atoms with Crippen LogP contribution in [-0.4, -0.2) is 24.3 Å². The van der Waals surface area contributed by atoms with Gasteiger partial charge in [-0.2, -0.15) is 0 Å². The summed E-state index contributed by atoms with van der Waals surface area (Å²) in [5, 5.41) is 3.57. The number of hydrogen-bond donors (Lipinski definition) is 1. The summed E-state index contributed by atoms with van der Waals surface area (Å²) in [6.07, 6.45) is 5.67. The van der Waals surface area contributed by atoms with Gasteiger partial charge in [-0.05, 0) is 57.8 Å². The van der Waals surface area contributed by atoms with E-state index in [-0.39, 0.29) is 5.54 Å². The molecule has 1 N–H and O–H groups in total. The molecule has 0 aromatic rings. The van der Waals surface area contributed by atoms with Gasteiger partial charge < -0.3 is 10.1 Å². The summed E-state index contributed by atoms with van der Waals surface area (Å²) in [6, 6.07) is 0. The smallest absolute Gasteiger partial charge is 0.0700 e. The summed E-state index contributed by atoms with van der Waals surface area (Å²) < 4.78 is 6.38. The number of nitrogens with one attached hydrogen (secondary N) is 1. The maximum atomic E-state index is 6.38. The van der Waals surface area contributed by atoms with Crippen LogP contribution in [0, 0.1) is 11.3 Å². The van der Waals surface area contributed by atoms with Crippen LogP contribution >= 0.6 is 0 Å². The topological polar surface area (TPSA) is 21.3 Å². The minimum absolute atomic E-state index is 0.176. The van der Waals surface area contributed by atoms with Crippen molar-refractivity contribution >= 4 is 0 Å². The molecular weight excluding hydrogens is 234 g/mol. The summed E-state index contributed by atoms with van der Waals surface area (Å²) >= 11 is 0. The first-order valence-corrected chi connectivity index (χ1v) is 8.02. The lowest BCUT2D eigenvalue weighted by Crippen LogP contribution is -2.43. The molecule has 1 fully saturated rings. The van der Waals surface area contributed by atoms with Crippen molar-refractivity contribution in [2.24, 2.45) is 11.3 Å². The van der Waals surface area contributed by atoms with Crippen LogP contribution < -0.4 is 5.32 Å². The zero-order valence-corrected chi connectivity index (χ0v) is 14.2. The van der Waals surface area contributed by atoms with E-state index in [1.807, 2.05) is 0 Å². The van der Waals surface area contributed by atoms with Gasteiger partial charge in [-0.3, -0.25) is 0 Å². The van der Waals surface area contributed by atoms with E-state index in [9.17, 15) is 0 Å². The van der Waals surface area contributed by atoms with E-state index >= 15 is 0 Å². The maximum Gasteiger partial charge on any atom is 0.0700 e. The predicted octanol–water partition coefficient (Wildman–Crippen LogP) is 4.38. The molecule has 0 radical (unpaired) electrons. The summed E-state index contributed by atoms with van der Waals surface area (Å²) in [7, 11) is 0. The van der Waals surface area contributed by atoms with Crippen molar-refractivity contribution in [3.8, 4) is 0 Å². The highest BCUT2D eigenvalue weighted by molar-refractivity contribution is 4.84. The average Bonchev–Trinajstić information content (AvgIpc) is 2.19. The fraction of sp³-hybridized carbons (Fsp3) is 1.00. The zero-order valence-electron chi connectivity index (χ0n) is 14.2. The first-order chi connectivity index (χ1) is 8.61. The van der Waals surface area contributed by atoms with E-state index in [1.165, 1.54) is 19.3 Å². The maximum absolute atomic E-state index is 6.38. The Balaban J connectivity index is 2.46. The van der Waals surface area contributed by atoms with Gasteiger partial charge in [0.15, 0.2) is 0 Å². The largest absolute Gasteiger partial charge is 0.374 e. The van der Waals surface area contributed by atoms with Crippen LogP contribution in [-0.2, 0) is 4.74 Å². The minimum Gasteiger partial charge on any atom is -0.374 e. The average molecular weight is 269 g/mol. The Hall–Kier alpha value is -0.0800. The van der Waals surface area contributed by atoms with Gasteiger partial charge >= 0.3 is 0 Å². The summed E-state index contributed by atoms with van der Waals surface area (Å²) in [6.45, 7) is 17.0. The van der Waals surface area contributed by atoms with Gasteiger partial charge in [0.05, 0.1) is 12.2 Å². The normalized spacial score (nSPS) is 29.2. The summed E-state index contributed by atoms with van der Waals surface area (Å²) in [5.41, 5.74) is 0.619. The van der Waals surface area contributed by atoms with Crippen molar-refractivity contribution < 1.29 is 4.74 Å². The van der Waals surface area contributed by atoms with Gasteiger partial charge in [0.25, 0.3) is 0 Å². The van der Waals surface area contributed by atoms with Gasteiger partial charge in [-0.1, -0.05) is 27.7 Å². The van der Waals surface area contributed by atoms with Crippen molar-refractivity contribution in [1.29, 1.82) is 0 Å². The Kier molecular flexibility index (Phi) is 5.88. The first-order valence-electron chi connectivity index (χ1n) is 8.02. The molecule has 0 saturated heterocycles. The molecule has 19 heavy (non-hydrogen) atoms. The van der Waals surface area contributed by atoms with E-state index in [4.69, 9.17) is 4.74 Å². The van der Waals surface area contributed by atoms with Crippen LogP contribution in [0.5, 0.6) is 0 Å². The van der Waals surface area contributed by atoms with Crippen molar-refractivity contribution in [3.63, 3.8) is 0 Å². The SMILES string of the molecule is CCC(CNC(C)(C)C)OC1CC(C)CC(C)(C)C1. The standard InChI is InChI=1S/C17H35NO/c1-8-14(12-18-16(3,4)5)19-15-9-13(2)10-17(6,7)11-15/h13-15,18H,8-12H2,1-7H3. The lowest BCUT2D eigenvalue weighted by molar-refractivity contribution is -0.0667. The molecule has 0 heterocycles. The molecule has 3 unspecified atom stereocenters. The van der Waals surface area contributed by atoms with Gasteiger partial charge in [0.2, 0.25) is 0 Å². The van der Waals surface area contributed by atoms with E-state index in [1.54, 1.807) is 0 Å². The highest BCUT2D eigenvalue weighted by atomic mass is 16.5. The van der Waals surface area contributed by atoms with Crippen LogP contribution in [0.3, 0.4) is 0 Å². The third-order valence-corrected chi connectivity index (χ3v) is 4.05. The Morgan fingerprint density at radius 1 is 1.26 bits per heavy atom. The highest BCUT2D eigenvalue weighted by Crippen LogP contribution is 2.40. The molecule has 0 amide bonds. The molecule has 2 heteroatoms. The Bertz CT molecular complexity index is 267. The quantitative estimate of drug-likeness (QED) is 0.799. The number of rotatable bonds is 5. The van der Waals surface area contributed by atoms with E-state index in [2.05, 4.69) is 53.8 Å². The second kappa shape index (κ2) is 6.58. The van der Waals surface area contributed by atoms with Crippen LogP contribution in [0.2, 0.25) is 0 Å². The third kappa shape index (κ3) is 6.76.